The third-order valence-corrected chi connectivity index (χ3v) is 6.02. The average molecular weight is 524 g/mol. The summed E-state index contributed by atoms with van der Waals surface area (Å²) in [5.74, 6) is -0.769. The van der Waals surface area contributed by atoms with E-state index in [0.717, 1.165) is 18.2 Å². The van der Waals surface area contributed by atoms with Gasteiger partial charge in [0.05, 0.1) is 22.0 Å². The molecule has 0 saturated heterocycles. The first-order valence-electron chi connectivity index (χ1n) is 10.5. The summed E-state index contributed by atoms with van der Waals surface area (Å²) in [4.78, 5) is 25.3. The van der Waals surface area contributed by atoms with Crippen molar-refractivity contribution >= 4 is 46.4 Å². The number of hydrazone groups is 1. The largest absolute Gasteiger partial charge is 0.455 e. The molecule has 2 N–H and O–H groups in total. The Morgan fingerprint density at radius 2 is 1.83 bits per heavy atom. The first-order valence-corrected chi connectivity index (χ1v) is 11.2. The summed E-state index contributed by atoms with van der Waals surface area (Å²) in [7, 11) is 0. The monoisotopic (exact) mass is 523 g/mol. The van der Waals surface area contributed by atoms with Crippen molar-refractivity contribution in [3.05, 3.63) is 86.3 Å². The van der Waals surface area contributed by atoms with Crippen LogP contribution < -0.4 is 10.7 Å². The van der Waals surface area contributed by atoms with Gasteiger partial charge in [0.2, 0.25) is 0 Å². The van der Waals surface area contributed by atoms with Crippen LogP contribution in [0.4, 0.5) is 18.9 Å². The lowest BCUT2D eigenvalue weighted by molar-refractivity contribution is -0.137. The number of halogens is 5. The van der Waals surface area contributed by atoms with Crippen LogP contribution in [0.25, 0.3) is 0 Å². The third-order valence-electron chi connectivity index (χ3n) is 5.45. The van der Waals surface area contributed by atoms with Crippen LogP contribution in [0.2, 0.25) is 10.0 Å². The van der Waals surface area contributed by atoms with Crippen molar-refractivity contribution in [1.29, 1.82) is 0 Å². The number of aryl methyl sites for hydroxylation is 1. The topological polar surface area (TPSA) is 83.7 Å². The minimum atomic E-state index is -4.59. The quantitative estimate of drug-likeness (QED) is 0.376. The van der Waals surface area contributed by atoms with E-state index in [9.17, 15) is 22.8 Å². The highest BCUT2D eigenvalue weighted by Crippen LogP contribution is 2.35. The van der Waals surface area contributed by atoms with Gasteiger partial charge in [-0.15, -0.1) is 0 Å². The summed E-state index contributed by atoms with van der Waals surface area (Å²) in [6.45, 7) is 1.64. The van der Waals surface area contributed by atoms with Gasteiger partial charge >= 0.3 is 6.18 Å². The number of fused-ring (bicyclic) bond motifs is 1. The Labute approximate surface area is 208 Å². The minimum absolute atomic E-state index is 0.0497. The molecule has 182 valence electrons. The Morgan fingerprint density at radius 3 is 2.54 bits per heavy atom. The number of amides is 2. The Balaban J connectivity index is 1.58. The van der Waals surface area contributed by atoms with Gasteiger partial charge in [-0.2, -0.15) is 18.3 Å². The zero-order valence-electron chi connectivity index (χ0n) is 18.2. The van der Waals surface area contributed by atoms with Crippen molar-refractivity contribution in [2.75, 3.05) is 5.32 Å². The van der Waals surface area contributed by atoms with Gasteiger partial charge in [-0.1, -0.05) is 29.3 Å². The summed E-state index contributed by atoms with van der Waals surface area (Å²) >= 11 is 11.9. The SMILES string of the molecule is Cc1c(C(=O)Nc2cc(C(F)(F)F)ccc2Cl)oc2c1/C(=N/NC(=O)c1cccc(Cl)c1)CCC2. The Morgan fingerprint density at radius 1 is 1.06 bits per heavy atom. The molecule has 0 atom stereocenters. The summed E-state index contributed by atoms with van der Waals surface area (Å²) in [6.07, 6.45) is -2.85. The molecule has 0 bridgehead atoms. The smallest absolute Gasteiger partial charge is 0.416 e. The third kappa shape index (κ3) is 5.36. The maximum atomic E-state index is 13.1. The first kappa shape index (κ1) is 24.8. The fourth-order valence-corrected chi connectivity index (χ4v) is 4.14. The van der Waals surface area contributed by atoms with Crippen LogP contribution >= 0.6 is 23.2 Å². The number of carbonyl (C=O) groups excluding carboxylic acids is 2. The molecule has 0 saturated carbocycles. The van der Waals surface area contributed by atoms with E-state index in [2.05, 4.69) is 15.8 Å². The van der Waals surface area contributed by atoms with Gasteiger partial charge in [-0.05, 0) is 56.2 Å². The van der Waals surface area contributed by atoms with Crippen molar-refractivity contribution < 1.29 is 27.2 Å². The number of anilines is 1. The van der Waals surface area contributed by atoms with E-state index < -0.39 is 23.6 Å². The zero-order valence-corrected chi connectivity index (χ0v) is 19.7. The number of alkyl halides is 3. The maximum absolute atomic E-state index is 13.1. The van der Waals surface area contributed by atoms with Crippen molar-refractivity contribution in [2.24, 2.45) is 5.10 Å². The highest BCUT2D eigenvalue weighted by molar-refractivity contribution is 6.34. The van der Waals surface area contributed by atoms with E-state index in [-0.39, 0.29) is 16.5 Å². The van der Waals surface area contributed by atoms with Crippen molar-refractivity contribution in [3.8, 4) is 0 Å². The van der Waals surface area contributed by atoms with Crippen LogP contribution in [0.1, 0.15) is 56.2 Å². The van der Waals surface area contributed by atoms with Gasteiger partial charge in [0.1, 0.15) is 5.76 Å². The number of carbonyl (C=O) groups is 2. The van der Waals surface area contributed by atoms with Crippen LogP contribution in [0, 0.1) is 6.92 Å². The minimum Gasteiger partial charge on any atom is -0.455 e. The van der Waals surface area contributed by atoms with Crippen LogP contribution in [-0.2, 0) is 12.6 Å². The number of rotatable bonds is 4. The summed E-state index contributed by atoms with van der Waals surface area (Å²) in [5, 5.41) is 6.99. The molecule has 0 radical (unpaired) electrons. The maximum Gasteiger partial charge on any atom is 0.416 e. The molecule has 3 aromatic rings. The summed E-state index contributed by atoms with van der Waals surface area (Å²) in [5.41, 5.74) is 3.26. The molecule has 2 amide bonds. The molecule has 1 aromatic heterocycles. The molecule has 0 unspecified atom stereocenters. The molecule has 1 heterocycles. The summed E-state index contributed by atoms with van der Waals surface area (Å²) < 4.78 is 44.9. The Hall–Kier alpha value is -3.30. The molecule has 11 heteroatoms. The van der Waals surface area contributed by atoms with Gasteiger partial charge in [0, 0.05) is 28.1 Å². The normalized spacial score (nSPS) is 14.5. The molecule has 6 nitrogen and oxygen atoms in total. The number of furan rings is 1. The molecule has 0 fully saturated rings. The predicted molar refractivity (Wildman–Crippen MR) is 126 cm³/mol. The van der Waals surface area contributed by atoms with Crippen LogP contribution in [0.5, 0.6) is 0 Å². The van der Waals surface area contributed by atoms with Gasteiger partial charge in [0.25, 0.3) is 11.8 Å². The lowest BCUT2D eigenvalue weighted by atomic mass is 9.93. The molecule has 1 aliphatic rings. The van der Waals surface area contributed by atoms with Gasteiger partial charge in [0.15, 0.2) is 5.76 Å². The van der Waals surface area contributed by atoms with Crippen LogP contribution in [-0.4, -0.2) is 17.5 Å². The number of nitrogens with zero attached hydrogens (tertiary/aromatic N) is 1. The van der Waals surface area contributed by atoms with Gasteiger partial charge in [-0.3, -0.25) is 9.59 Å². The van der Waals surface area contributed by atoms with E-state index in [0.29, 0.717) is 52.4 Å². The lowest BCUT2D eigenvalue weighted by Crippen LogP contribution is -2.22. The number of hydrogen-bond acceptors (Lipinski definition) is 4. The van der Waals surface area contributed by atoms with Gasteiger partial charge in [-0.25, -0.2) is 5.43 Å². The fourth-order valence-electron chi connectivity index (χ4n) is 3.79. The first-order chi connectivity index (χ1) is 16.5. The second kappa shape index (κ2) is 9.75. The lowest BCUT2D eigenvalue weighted by Gasteiger charge is -2.13. The van der Waals surface area contributed by atoms with E-state index in [4.69, 9.17) is 27.6 Å². The molecule has 1 aliphatic carbocycles. The number of hydrogen-bond donors (Lipinski definition) is 2. The van der Waals surface area contributed by atoms with E-state index in [1.807, 2.05) is 0 Å². The zero-order chi connectivity index (χ0) is 25.3. The molecule has 4 rings (SSSR count). The van der Waals surface area contributed by atoms with Crippen LogP contribution in [0.15, 0.2) is 52.0 Å². The van der Waals surface area contributed by atoms with E-state index in [1.165, 1.54) is 6.07 Å². The molecule has 0 spiro atoms. The highest BCUT2D eigenvalue weighted by Gasteiger charge is 2.32. The fraction of sp³-hybridized carbons (Fsp3) is 0.208. The van der Waals surface area contributed by atoms with E-state index in [1.54, 1.807) is 25.1 Å². The number of nitrogens with one attached hydrogen (secondary N) is 2. The number of benzene rings is 2. The average Bonchev–Trinajstić information content (AvgIpc) is 3.15. The van der Waals surface area contributed by atoms with Gasteiger partial charge < -0.3 is 9.73 Å². The second-order valence-electron chi connectivity index (χ2n) is 7.86. The molecular formula is C24H18Cl2F3N3O3. The Bertz CT molecular complexity index is 1350. The summed E-state index contributed by atoms with van der Waals surface area (Å²) in [6, 6.07) is 9.04. The Kier molecular flexibility index (Phi) is 6.91. The van der Waals surface area contributed by atoms with E-state index >= 15 is 0 Å². The van der Waals surface area contributed by atoms with Crippen molar-refractivity contribution in [2.45, 2.75) is 32.4 Å². The predicted octanol–water partition coefficient (Wildman–Crippen LogP) is 6.64. The van der Waals surface area contributed by atoms with Crippen LogP contribution in [0.3, 0.4) is 0 Å². The molecule has 0 aliphatic heterocycles. The molecule has 35 heavy (non-hydrogen) atoms. The molecule has 2 aromatic carbocycles. The molecular weight excluding hydrogens is 506 g/mol. The standard InChI is InChI=1S/C24H18Cl2F3N3O3/c1-12-20-17(31-32-22(33)13-4-2-5-15(25)10-13)6-3-7-19(20)35-21(12)23(34)30-18-11-14(24(27,28)29)8-9-16(18)26/h2,4-5,8-11H,3,6-7H2,1H3,(H,30,34)(H,32,33)/b31-17+. The highest BCUT2D eigenvalue weighted by atomic mass is 35.5. The second-order valence-corrected chi connectivity index (χ2v) is 8.71. The van der Waals surface area contributed by atoms with Crippen molar-refractivity contribution in [3.63, 3.8) is 0 Å². The van der Waals surface area contributed by atoms with Crippen molar-refractivity contribution in [1.82, 2.24) is 5.43 Å².